The molecule has 0 saturated heterocycles. The third-order valence-corrected chi connectivity index (χ3v) is 1.85. The summed E-state index contributed by atoms with van der Waals surface area (Å²) in [5.74, 6) is -1.01. The number of alkyl carbamates (subject to hydrolysis) is 1. The predicted octanol–water partition coefficient (Wildman–Crippen LogP) is 0.481. The van der Waals surface area contributed by atoms with Crippen molar-refractivity contribution in [3.8, 4) is 0 Å². The normalized spacial score (nSPS) is 11.6. The van der Waals surface area contributed by atoms with Crippen LogP contribution >= 0.6 is 0 Å². The SMILES string of the molecule is C=CCNC(=O)OCCCCC(N)C(=O)O. The molecule has 0 aromatic rings. The van der Waals surface area contributed by atoms with E-state index in [0.717, 1.165) is 0 Å². The topological polar surface area (TPSA) is 102 Å². The number of amides is 1. The third-order valence-electron chi connectivity index (χ3n) is 1.85. The first-order valence-corrected chi connectivity index (χ1v) is 5.07. The van der Waals surface area contributed by atoms with Crippen molar-refractivity contribution >= 4 is 12.1 Å². The molecule has 6 heteroatoms. The maximum Gasteiger partial charge on any atom is 0.407 e. The molecule has 0 aliphatic carbocycles. The first-order chi connectivity index (χ1) is 7.57. The van der Waals surface area contributed by atoms with Crippen molar-refractivity contribution in [3.63, 3.8) is 0 Å². The third kappa shape index (κ3) is 7.81. The Labute approximate surface area is 94.5 Å². The van der Waals surface area contributed by atoms with Crippen LogP contribution in [0.25, 0.3) is 0 Å². The zero-order valence-electron chi connectivity index (χ0n) is 9.15. The number of nitrogens with one attached hydrogen (secondary N) is 1. The Morgan fingerprint density at radius 3 is 2.75 bits per heavy atom. The fourth-order valence-electron chi connectivity index (χ4n) is 0.961. The van der Waals surface area contributed by atoms with Crippen molar-refractivity contribution in [3.05, 3.63) is 12.7 Å². The molecule has 0 aliphatic heterocycles. The Morgan fingerprint density at radius 1 is 1.50 bits per heavy atom. The summed E-state index contributed by atoms with van der Waals surface area (Å²) < 4.78 is 4.80. The van der Waals surface area contributed by atoms with Crippen LogP contribution in [0.15, 0.2) is 12.7 Å². The van der Waals surface area contributed by atoms with Gasteiger partial charge in [0.15, 0.2) is 0 Å². The molecule has 0 aromatic carbocycles. The van der Waals surface area contributed by atoms with Crippen LogP contribution in [0.4, 0.5) is 4.79 Å². The number of carbonyl (C=O) groups excluding carboxylic acids is 1. The lowest BCUT2D eigenvalue weighted by molar-refractivity contribution is -0.138. The Hall–Kier alpha value is -1.56. The van der Waals surface area contributed by atoms with Gasteiger partial charge in [-0.05, 0) is 19.3 Å². The molecule has 0 heterocycles. The number of rotatable bonds is 8. The van der Waals surface area contributed by atoms with Crippen LogP contribution in [-0.4, -0.2) is 36.4 Å². The highest BCUT2D eigenvalue weighted by atomic mass is 16.5. The highest BCUT2D eigenvalue weighted by molar-refractivity contribution is 5.72. The molecule has 0 saturated carbocycles. The summed E-state index contributed by atoms with van der Waals surface area (Å²) >= 11 is 0. The fourth-order valence-corrected chi connectivity index (χ4v) is 0.961. The van der Waals surface area contributed by atoms with E-state index in [-0.39, 0.29) is 6.61 Å². The molecule has 16 heavy (non-hydrogen) atoms. The molecular formula is C10H18N2O4. The van der Waals surface area contributed by atoms with Crippen molar-refractivity contribution in [1.82, 2.24) is 5.32 Å². The minimum absolute atomic E-state index is 0.259. The number of nitrogens with two attached hydrogens (primary N) is 1. The quantitative estimate of drug-likeness (QED) is 0.416. The monoisotopic (exact) mass is 230 g/mol. The summed E-state index contributed by atoms with van der Waals surface area (Å²) in [4.78, 5) is 21.3. The van der Waals surface area contributed by atoms with Gasteiger partial charge in [0.05, 0.1) is 6.61 Å². The minimum Gasteiger partial charge on any atom is -0.480 e. The van der Waals surface area contributed by atoms with Gasteiger partial charge in [0.25, 0.3) is 0 Å². The molecule has 1 atom stereocenters. The number of carboxylic acid groups (broad SMARTS) is 1. The van der Waals surface area contributed by atoms with Gasteiger partial charge in [0.1, 0.15) is 6.04 Å². The number of unbranched alkanes of at least 4 members (excludes halogenated alkanes) is 1. The van der Waals surface area contributed by atoms with E-state index < -0.39 is 18.1 Å². The molecule has 0 aliphatic rings. The smallest absolute Gasteiger partial charge is 0.407 e. The zero-order valence-corrected chi connectivity index (χ0v) is 9.15. The van der Waals surface area contributed by atoms with E-state index in [1.807, 2.05) is 0 Å². The number of carboxylic acids is 1. The van der Waals surface area contributed by atoms with Crippen molar-refractivity contribution < 1.29 is 19.4 Å². The number of hydrogen-bond donors (Lipinski definition) is 3. The van der Waals surface area contributed by atoms with E-state index in [4.69, 9.17) is 15.6 Å². The first-order valence-electron chi connectivity index (χ1n) is 5.07. The maximum absolute atomic E-state index is 10.9. The largest absolute Gasteiger partial charge is 0.480 e. The summed E-state index contributed by atoms with van der Waals surface area (Å²) in [5, 5.41) is 10.9. The molecule has 0 aromatic heterocycles. The lowest BCUT2D eigenvalue weighted by Crippen LogP contribution is -2.30. The first kappa shape index (κ1) is 14.4. The van der Waals surface area contributed by atoms with E-state index in [2.05, 4.69) is 11.9 Å². The fraction of sp³-hybridized carbons (Fsp3) is 0.600. The molecule has 92 valence electrons. The Morgan fingerprint density at radius 2 is 2.19 bits per heavy atom. The van der Waals surface area contributed by atoms with Crippen LogP contribution in [-0.2, 0) is 9.53 Å². The van der Waals surface area contributed by atoms with Gasteiger partial charge in [0, 0.05) is 6.54 Å². The van der Waals surface area contributed by atoms with Gasteiger partial charge in [-0.25, -0.2) is 4.79 Å². The molecule has 1 amide bonds. The number of ether oxygens (including phenoxy) is 1. The highest BCUT2D eigenvalue weighted by Crippen LogP contribution is 1.99. The second-order valence-corrected chi connectivity index (χ2v) is 3.25. The predicted molar refractivity (Wildman–Crippen MR) is 59.0 cm³/mol. The number of carbonyl (C=O) groups is 2. The van der Waals surface area contributed by atoms with Gasteiger partial charge in [-0.15, -0.1) is 6.58 Å². The van der Waals surface area contributed by atoms with Gasteiger partial charge < -0.3 is 20.9 Å². The Kier molecular flexibility index (Phi) is 7.87. The summed E-state index contributed by atoms with van der Waals surface area (Å²) in [6.45, 7) is 4.06. The van der Waals surface area contributed by atoms with E-state index >= 15 is 0 Å². The van der Waals surface area contributed by atoms with Crippen molar-refractivity contribution in [2.45, 2.75) is 25.3 Å². The van der Waals surface area contributed by atoms with Crippen molar-refractivity contribution in [1.29, 1.82) is 0 Å². The summed E-state index contributed by atoms with van der Waals surface area (Å²) in [6, 6.07) is -0.838. The summed E-state index contributed by atoms with van der Waals surface area (Å²) in [6.07, 6.45) is 2.65. The number of aliphatic carboxylic acids is 1. The molecule has 0 bridgehead atoms. The van der Waals surface area contributed by atoms with E-state index in [0.29, 0.717) is 25.8 Å². The maximum atomic E-state index is 10.9. The highest BCUT2D eigenvalue weighted by Gasteiger charge is 2.10. The van der Waals surface area contributed by atoms with Gasteiger partial charge in [0.2, 0.25) is 0 Å². The number of hydrogen-bond acceptors (Lipinski definition) is 4. The van der Waals surface area contributed by atoms with Crippen LogP contribution < -0.4 is 11.1 Å². The second kappa shape index (κ2) is 8.72. The molecule has 4 N–H and O–H groups in total. The van der Waals surface area contributed by atoms with Gasteiger partial charge >= 0.3 is 12.1 Å². The van der Waals surface area contributed by atoms with Gasteiger partial charge in [-0.2, -0.15) is 0 Å². The Balaban J connectivity index is 3.36. The lowest BCUT2D eigenvalue weighted by Gasteiger charge is -2.07. The van der Waals surface area contributed by atoms with Crippen LogP contribution in [0.5, 0.6) is 0 Å². The van der Waals surface area contributed by atoms with Crippen LogP contribution in [0.3, 0.4) is 0 Å². The average molecular weight is 230 g/mol. The summed E-state index contributed by atoms with van der Waals surface area (Å²) in [7, 11) is 0. The molecule has 1 unspecified atom stereocenters. The lowest BCUT2D eigenvalue weighted by atomic mass is 10.1. The van der Waals surface area contributed by atoms with Crippen molar-refractivity contribution in [2.75, 3.05) is 13.2 Å². The average Bonchev–Trinajstić information content (AvgIpc) is 2.25. The minimum atomic E-state index is -1.01. The molecular weight excluding hydrogens is 212 g/mol. The van der Waals surface area contributed by atoms with Crippen LogP contribution in [0.2, 0.25) is 0 Å². The molecule has 0 fully saturated rings. The standard InChI is InChI=1S/C10H18N2O4/c1-2-6-12-10(15)16-7-4-3-5-8(11)9(13)14/h2,8H,1,3-7,11H2,(H,12,15)(H,13,14). The Bertz CT molecular complexity index is 243. The molecule has 6 nitrogen and oxygen atoms in total. The molecule has 0 spiro atoms. The van der Waals surface area contributed by atoms with Crippen molar-refractivity contribution in [2.24, 2.45) is 5.73 Å². The molecule has 0 radical (unpaired) electrons. The zero-order chi connectivity index (χ0) is 12.4. The van der Waals surface area contributed by atoms with Gasteiger partial charge in [-0.3, -0.25) is 4.79 Å². The van der Waals surface area contributed by atoms with E-state index in [9.17, 15) is 9.59 Å². The van der Waals surface area contributed by atoms with Crippen LogP contribution in [0.1, 0.15) is 19.3 Å². The summed E-state index contributed by atoms with van der Waals surface area (Å²) in [5.41, 5.74) is 5.29. The van der Waals surface area contributed by atoms with E-state index in [1.54, 1.807) is 6.08 Å². The van der Waals surface area contributed by atoms with Gasteiger partial charge in [-0.1, -0.05) is 6.08 Å². The molecule has 0 rings (SSSR count). The van der Waals surface area contributed by atoms with Crippen LogP contribution in [0, 0.1) is 0 Å². The van der Waals surface area contributed by atoms with E-state index in [1.165, 1.54) is 0 Å². The second-order valence-electron chi connectivity index (χ2n) is 3.25.